The lowest BCUT2D eigenvalue weighted by Gasteiger charge is -2.39. The van der Waals surface area contributed by atoms with Gasteiger partial charge in [0.05, 0.1) is 5.60 Å². The van der Waals surface area contributed by atoms with Crippen LogP contribution >= 0.6 is 0 Å². The van der Waals surface area contributed by atoms with E-state index in [0.29, 0.717) is 5.41 Å². The average Bonchev–Trinajstić information content (AvgIpc) is 2.32. The molecular formula is C14H26N2O2. The number of carbonyl (C=O) groups excluding carboxylic acids is 1. The number of ether oxygens (including phenoxy) is 1. The molecule has 1 aliphatic heterocycles. The zero-order valence-corrected chi connectivity index (χ0v) is 11.7. The van der Waals surface area contributed by atoms with E-state index in [-0.39, 0.29) is 18.1 Å². The van der Waals surface area contributed by atoms with E-state index in [1.165, 1.54) is 32.1 Å². The molecule has 18 heavy (non-hydrogen) atoms. The second-order valence-corrected chi connectivity index (χ2v) is 6.49. The maximum Gasteiger partial charge on any atom is 0.246 e. The van der Waals surface area contributed by atoms with Crippen LogP contribution in [0.5, 0.6) is 0 Å². The van der Waals surface area contributed by atoms with Crippen molar-refractivity contribution in [2.24, 2.45) is 5.41 Å². The molecule has 1 aliphatic carbocycles. The van der Waals surface area contributed by atoms with Crippen LogP contribution in [-0.2, 0) is 9.53 Å². The molecule has 1 amide bonds. The Morgan fingerprint density at radius 1 is 1.22 bits per heavy atom. The summed E-state index contributed by atoms with van der Waals surface area (Å²) < 4.78 is 5.63. The number of rotatable bonds is 5. The summed E-state index contributed by atoms with van der Waals surface area (Å²) in [5, 5.41) is 6.19. The first-order chi connectivity index (χ1) is 8.52. The van der Waals surface area contributed by atoms with E-state index in [9.17, 15) is 4.79 Å². The zero-order chi connectivity index (χ0) is 13.1. The van der Waals surface area contributed by atoms with Gasteiger partial charge in [-0.25, -0.2) is 0 Å². The van der Waals surface area contributed by atoms with Crippen molar-refractivity contribution in [3.05, 3.63) is 0 Å². The van der Waals surface area contributed by atoms with Crippen molar-refractivity contribution < 1.29 is 9.53 Å². The maximum absolute atomic E-state index is 11.8. The van der Waals surface area contributed by atoms with Crippen molar-refractivity contribution in [2.45, 2.75) is 51.6 Å². The molecule has 1 heterocycles. The third-order valence-electron chi connectivity index (χ3n) is 4.32. The fraction of sp³-hybridized carbons (Fsp3) is 0.929. The van der Waals surface area contributed by atoms with Crippen LogP contribution in [0, 0.1) is 5.41 Å². The summed E-state index contributed by atoms with van der Waals surface area (Å²) in [6, 6.07) is 0. The first-order valence-electron chi connectivity index (χ1n) is 7.13. The largest absolute Gasteiger partial charge is 0.363 e. The lowest BCUT2D eigenvalue weighted by Crippen LogP contribution is -2.59. The van der Waals surface area contributed by atoms with Crippen LogP contribution in [0.15, 0.2) is 0 Å². The van der Waals surface area contributed by atoms with Gasteiger partial charge in [0.1, 0.15) is 6.61 Å². The van der Waals surface area contributed by atoms with Crippen LogP contribution in [0.4, 0.5) is 0 Å². The minimum atomic E-state index is -0.133. The molecule has 2 rings (SSSR count). The Balaban J connectivity index is 1.64. The van der Waals surface area contributed by atoms with Crippen molar-refractivity contribution in [1.29, 1.82) is 0 Å². The third kappa shape index (κ3) is 3.69. The minimum Gasteiger partial charge on any atom is -0.363 e. The Bertz CT molecular complexity index is 294. The van der Waals surface area contributed by atoms with Gasteiger partial charge in [-0.05, 0) is 25.2 Å². The van der Waals surface area contributed by atoms with Crippen molar-refractivity contribution in [1.82, 2.24) is 10.6 Å². The molecule has 0 radical (unpaired) electrons. The molecule has 1 saturated heterocycles. The summed E-state index contributed by atoms with van der Waals surface area (Å²) in [7, 11) is 0. The van der Waals surface area contributed by atoms with Gasteiger partial charge in [0.25, 0.3) is 0 Å². The van der Waals surface area contributed by atoms with E-state index in [1.54, 1.807) is 0 Å². The molecule has 4 heteroatoms. The van der Waals surface area contributed by atoms with Gasteiger partial charge in [-0.2, -0.15) is 0 Å². The van der Waals surface area contributed by atoms with Crippen LogP contribution in [0.3, 0.4) is 0 Å². The number of amides is 1. The molecule has 0 aromatic carbocycles. The van der Waals surface area contributed by atoms with E-state index in [0.717, 1.165) is 19.6 Å². The molecule has 104 valence electrons. The van der Waals surface area contributed by atoms with E-state index in [2.05, 4.69) is 17.6 Å². The number of hydrogen-bond donors (Lipinski definition) is 2. The van der Waals surface area contributed by atoms with Crippen LogP contribution in [0.1, 0.15) is 46.0 Å². The third-order valence-corrected chi connectivity index (χ3v) is 4.32. The van der Waals surface area contributed by atoms with Crippen LogP contribution in [-0.4, -0.2) is 37.7 Å². The molecule has 4 nitrogen and oxygen atoms in total. The van der Waals surface area contributed by atoms with Gasteiger partial charge in [-0.3, -0.25) is 4.79 Å². The molecule has 0 atom stereocenters. The lowest BCUT2D eigenvalue weighted by molar-refractivity contribution is -0.136. The first kappa shape index (κ1) is 13.8. The minimum absolute atomic E-state index is 0.0231. The Kier molecular flexibility index (Phi) is 4.28. The van der Waals surface area contributed by atoms with Gasteiger partial charge in [0.2, 0.25) is 5.91 Å². The Morgan fingerprint density at radius 2 is 1.89 bits per heavy atom. The highest BCUT2D eigenvalue weighted by atomic mass is 16.5. The number of nitrogens with one attached hydrogen (secondary N) is 2. The van der Waals surface area contributed by atoms with Crippen molar-refractivity contribution in [2.75, 3.05) is 26.2 Å². The zero-order valence-electron chi connectivity index (χ0n) is 11.7. The van der Waals surface area contributed by atoms with E-state index < -0.39 is 0 Å². The van der Waals surface area contributed by atoms with Crippen LogP contribution in [0.25, 0.3) is 0 Å². The topological polar surface area (TPSA) is 50.4 Å². The normalized spacial score (nSPS) is 25.2. The molecule has 1 saturated carbocycles. The fourth-order valence-corrected chi connectivity index (χ4v) is 2.76. The molecule has 2 fully saturated rings. The summed E-state index contributed by atoms with van der Waals surface area (Å²) in [6.07, 6.45) is 6.41. The van der Waals surface area contributed by atoms with E-state index >= 15 is 0 Å². The number of carbonyl (C=O) groups is 1. The van der Waals surface area contributed by atoms with E-state index in [1.807, 2.05) is 6.92 Å². The smallest absolute Gasteiger partial charge is 0.246 e. The van der Waals surface area contributed by atoms with Gasteiger partial charge in [0.15, 0.2) is 0 Å². The second kappa shape index (κ2) is 5.57. The highest BCUT2D eigenvalue weighted by Gasteiger charge is 2.33. The Labute approximate surface area is 110 Å². The molecule has 0 aromatic heterocycles. The van der Waals surface area contributed by atoms with Gasteiger partial charge < -0.3 is 15.4 Å². The highest BCUT2D eigenvalue weighted by molar-refractivity contribution is 5.77. The summed E-state index contributed by atoms with van der Waals surface area (Å²) >= 11 is 0. The van der Waals surface area contributed by atoms with Gasteiger partial charge >= 0.3 is 0 Å². The summed E-state index contributed by atoms with van der Waals surface area (Å²) in [4.78, 5) is 11.8. The molecule has 0 unspecified atom stereocenters. The standard InChI is InChI=1S/C14H26N2O2/c1-13(6-4-3-5-7-13)9-16-12(17)8-18-14(2)10-15-11-14/h15H,3-11H2,1-2H3,(H,16,17). The van der Waals surface area contributed by atoms with Crippen molar-refractivity contribution in [3.8, 4) is 0 Å². The molecule has 0 bridgehead atoms. The highest BCUT2D eigenvalue weighted by Crippen LogP contribution is 2.34. The monoisotopic (exact) mass is 254 g/mol. The second-order valence-electron chi connectivity index (χ2n) is 6.49. The summed E-state index contributed by atoms with van der Waals surface area (Å²) in [5.74, 6) is 0.0231. The molecule has 2 N–H and O–H groups in total. The van der Waals surface area contributed by atoms with Crippen molar-refractivity contribution in [3.63, 3.8) is 0 Å². The Hall–Kier alpha value is -0.610. The summed E-state index contributed by atoms with van der Waals surface area (Å²) in [5.41, 5.74) is 0.169. The fourth-order valence-electron chi connectivity index (χ4n) is 2.76. The first-order valence-corrected chi connectivity index (χ1v) is 7.13. The van der Waals surface area contributed by atoms with Crippen LogP contribution in [0.2, 0.25) is 0 Å². The van der Waals surface area contributed by atoms with Gasteiger partial charge in [-0.1, -0.05) is 26.2 Å². The van der Waals surface area contributed by atoms with Crippen molar-refractivity contribution >= 4 is 5.91 Å². The lowest BCUT2D eigenvalue weighted by atomic mass is 9.76. The molecule has 0 aromatic rings. The van der Waals surface area contributed by atoms with E-state index in [4.69, 9.17) is 4.74 Å². The SMILES string of the molecule is CC1(CNC(=O)COC2(C)CNC2)CCCCC1. The quantitative estimate of drug-likeness (QED) is 0.781. The molecule has 0 spiro atoms. The van der Waals surface area contributed by atoms with Crippen LogP contribution < -0.4 is 10.6 Å². The Morgan fingerprint density at radius 3 is 2.44 bits per heavy atom. The average molecular weight is 254 g/mol. The predicted molar refractivity (Wildman–Crippen MR) is 71.4 cm³/mol. The molecule has 2 aliphatic rings. The van der Waals surface area contributed by atoms with Gasteiger partial charge in [-0.15, -0.1) is 0 Å². The summed E-state index contributed by atoms with van der Waals surface area (Å²) in [6.45, 7) is 7.00. The maximum atomic E-state index is 11.8. The molecular weight excluding hydrogens is 228 g/mol. The predicted octanol–water partition coefficient (Wildman–Crippen LogP) is 1.45. The van der Waals surface area contributed by atoms with Gasteiger partial charge in [0, 0.05) is 19.6 Å². The number of hydrogen-bond acceptors (Lipinski definition) is 3.